The lowest BCUT2D eigenvalue weighted by atomic mass is 10.1. The van der Waals surface area contributed by atoms with Crippen molar-refractivity contribution < 1.29 is 9.90 Å². The Morgan fingerprint density at radius 2 is 2.20 bits per heavy atom. The summed E-state index contributed by atoms with van der Waals surface area (Å²) in [6.45, 7) is 2.14. The van der Waals surface area contributed by atoms with Gasteiger partial charge in [-0.05, 0) is 40.9 Å². The number of aromatic nitrogens is 1. The van der Waals surface area contributed by atoms with Gasteiger partial charge >= 0.3 is 5.97 Å². The number of carboxylic acids is 1. The van der Waals surface area contributed by atoms with Gasteiger partial charge in [0.1, 0.15) is 4.60 Å². The highest BCUT2D eigenvalue weighted by Crippen LogP contribution is 2.13. The van der Waals surface area contributed by atoms with Crippen molar-refractivity contribution >= 4 is 21.9 Å². The van der Waals surface area contributed by atoms with Crippen molar-refractivity contribution in [2.24, 2.45) is 0 Å². The minimum atomic E-state index is -0.908. The van der Waals surface area contributed by atoms with Gasteiger partial charge in [0, 0.05) is 5.69 Å². The molecule has 1 rings (SSSR count). The van der Waals surface area contributed by atoms with Gasteiger partial charge in [-0.15, -0.1) is 0 Å². The van der Waals surface area contributed by atoms with Crippen LogP contribution < -0.4 is 0 Å². The number of nitrogens with zero attached hydrogens (tertiary/aromatic N) is 1. The van der Waals surface area contributed by atoms with Crippen molar-refractivity contribution in [2.45, 2.75) is 32.6 Å². The van der Waals surface area contributed by atoms with Gasteiger partial charge in [-0.1, -0.05) is 19.8 Å². The van der Waals surface area contributed by atoms with Gasteiger partial charge in [0.2, 0.25) is 0 Å². The Morgan fingerprint density at radius 3 is 2.80 bits per heavy atom. The van der Waals surface area contributed by atoms with Crippen LogP contribution in [0.15, 0.2) is 16.7 Å². The number of aryl methyl sites for hydroxylation is 1. The number of aromatic carboxylic acids is 1. The Morgan fingerprint density at radius 1 is 1.47 bits per heavy atom. The molecule has 0 amide bonds. The van der Waals surface area contributed by atoms with Crippen molar-refractivity contribution in [3.05, 3.63) is 28.0 Å². The average Bonchev–Trinajstić information content (AvgIpc) is 2.17. The summed E-state index contributed by atoms with van der Waals surface area (Å²) in [6, 6.07) is 3.16. The molecule has 0 unspecified atom stereocenters. The van der Waals surface area contributed by atoms with E-state index in [2.05, 4.69) is 27.8 Å². The molecule has 0 aliphatic heterocycles. The number of hydrogen-bond acceptors (Lipinski definition) is 2. The molecule has 1 heterocycles. The fourth-order valence-corrected chi connectivity index (χ4v) is 1.83. The van der Waals surface area contributed by atoms with Crippen molar-refractivity contribution in [2.75, 3.05) is 0 Å². The van der Waals surface area contributed by atoms with Crippen LogP contribution in [0.25, 0.3) is 0 Å². The molecule has 0 saturated carbocycles. The van der Waals surface area contributed by atoms with E-state index in [1.54, 1.807) is 6.07 Å². The Bertz CT molecular complexity index is 352. The molecule has 1 aromatic heterocycles. The van der Waals surface area contributed by atoms with Gasteiger partial charge < -0.3 is 5.11 Å². The molecule has 0 aromatic carbocycles. The predicted octanol–water partition coefficient (Wildman–Crippen LogP) is 3.28. The highest BCUT2D eigenvalue weighted by molar-refractivity contribution is 9.10. The van der Waals surface area contributed by atoms with Crippen molar-refractivity contribution in [1.29, 1.82) is 0 Å². The molecule has 4 heteroatoms. The molecule has 0 radical (unpaired) electrons. The SMILES string of the molecule is CCCCCc1cc(C(=O)O)cc(Br)n1. The van der Waals surface area contributed by atoms with Crippen LogP contribution in [0, 0.1) is 0 Å². The number of unbranched alkanes of at least 4 members (excludes halogenated alkanes) is 2. The summed E-state index contributed by atoms with van der Waals surface area (Å²) in [6.07, 6.45) is 4.20. The van der Waals surface area contributed by atoms with Gasteiger partial charge in [-0.3, -0.25) is 0 Å². The maximum absolute atomic E-state index is 10.8. The minimum absolute atomic E-state index is 0.295. The second-order valence-electron chi connectivity index (χ2n) is 3.43. The van der Waals surface area contributed by atoms with Gasteiger partial charge in [-0.2, -0.15) is 0 Å². The summed E-state index contributed by atoms with van der Waals surface area (Å²) < 4.78 is 0.592. The molecule has 82 valence electrons. The van der Waals surface area contributed by atoms with Crippen molar-refractivity contribution in [1.82, 2.24) is 4.98 Å². The maximum atomic E-state index is 10.8. The van der Waals surface area contributed by atoms with Crippen LogP contribution in [0.4, 0.5) is 0 Å². The standard InChI is InChI=1S/C11H14BrNO2/c1-2-3-4-5-9-6-8(11(14)15)7-10(12)13-9/h6-7H,2-5H2,1H3,(H,14,15). The summed E-state index contributed by atoms with van der Waals surface area (Å²) in [5, 5.41) is 8.86. The second kappa shape index (κ2) is 5.85. The first-order valence-electron chi connectivity index (χ1n) is 5.03. The fourth-order valence-electron chi connectivity index (χ4n) is 1.36. The third-order valence-electron chi connectivity index (χ3n) is 2.13. The van der Waals surface area contributed by atoms with Crippen molar-refractivity contribution in [3.8, 4) is 0 Å². The van der Waals surface area contributed by atoms with E-state index in [1.165, 1.54) is 6.07 Å². The van der Waals surface area contributed by atoms with E-state index in [9.17, 15) is 4.79 Å². The van der Waals surface area contributed by atoms with E-state index >= 15 is 0 Å². The number of halogens is 1. The lowest BCUT2D eigenvalue weighted by Gasteiger charge is -2.02. The molecule has 3 nitrogen and oxygen atoms in total. The maximum Gasteiger partial charge on any atom is 0.335 e. The molecule has 0 atom stereocenters. The topological polar surface area (TPSA) is 50.2 Å². The first-order chi connectivity index (χ1) is 7.13. The zero-order valence-corrected chi connectivity index (χ0v) is 10.2. The number of carboxylic acid groups (broad SMARTS) is 1. The second-order valence-corrected chi connectivity index (χ2v) is 4.24. The normalized spacial score (nSPS) is 10.3. The third-order valence-corrected chi connectivity index (χ3v) is 2.54. The van der Waals surface area contributed by atoms with Crippen LogP contribution in [-0.2, 0) is 6.42 Å². The third kappa shape index (κ3) is 4.00. The minimum Gasteiger partial charge on any atom is -0.478 e. The average molecular weight is 272 g/mol. The highest BCUT2D eigenvalue weighted by Gasteiger charge is 2.06. The summed E-state index contributed by atoms with van der Waals surface area (Å²) in [5.74, 6) is -0.908. The van der Waals surface area contributed by atoms with E-state index in [0.29, 0.717) is 10.2 Å². The number of pyridine rings is 1. The van der Waals surface area contributed by atoms with E-state index < -0.39 is 5.97 Å². The summed E-state index contributed by atoms with van der Waals surface area (Å²) in [5.41, 5.74) is 1.14. The molecule has 1 aromatic rings. The molecular weight excluding hydrogens is 258 g/mol. The van der Waals surface area contributed by atoms with E-state index in [4.69, 9.17) is 5.11 Å². The lowest BCUT2D eigenvalue weighted by molar-refractivity contribution is 0.0696. The highest BCUT2D eigenvalue weighted by atomic mass is 79.9. The van der Waals surface area contributed by atoms with Gasteiger partial charge in [-0.25, -0.2) is 9.78 Å². The Hall–Kier alpha value is -0.900. The Kier molecular flexibility index (Phi) is 4.75. The van der Waals surface area contributed by atoms with Crippen molar-refractivity contribution in [3.63, 3.8) is 0 Å². The monoisotopic (exact) mass is 271 g/mol. The fraction of sp³-hybridized carbons (Fsp3) is 0.455. The molecule has 0 aliphatic rings. The Labute approximate surface area is 97.7 Å². The summed E-state index contributed by atoms with van der Waals surface area (Å²) >= 11 is 3.22. The molecule has 0 aliphatic carbocycles. The zero-order valence-electron chi connectivity index (χ0n) is 8.66. The largest absolute Gasteiger partial charge is 0.478 e. The zero-order chi connectivity index (χ0) is 11.3. The van der Waals surface area contributed by atoms with E-state index in [1.807, 2.05) is 0 Å². The van der Waals surface area contributed by atoms with Gasteiger partial charge in [0.05, 0.1) is 5.56 Å². The number of carbonyl (C=O) groups is 1. The Balaban J connectivity index is 2.75. The van der Waals surface area contributed by atoms with Crippen LogP contribution in [0.5, 0.6) is 0 Å². The van der Waals surface area contributed by atoms with Crippen LogP contribution in [0.1, 0.15) is 42.2 Å². The smallest absolute Gasteiger partial charge is 0.335 e. The summed E-state index contributed by atoms with van der Waals surface area (Å²) in [4.78, 5) is 15.0. The van der Waals surface area contributed by atoms with Gasteiger partial charge in [0.25, 0.3) is 0 Å². The number of rotatable bonds is 5. The first kappa shape index (κ1) is 12.2. The molecule has 0 saturated heterocycles. The molecule has 1 N–H and O–H groups in total. The van der Waals surface area contributed by atoms with E-state index in [0.717, 1.165) is 31.4 Å². The first-order valence-corrected chi connectivity index (χ1v) is 5.82. The molecular formula is C11H14BrNO2. The lowest BCUT2D eigenvalue weighted by Crippen LogP contribution is -2.00. The molecule has 0 spiro atoms. The predicted molar refractivity (Wildman–Crippen MR) is 62.1 cm³/mol. The quantitative estimate of drug-likeness (QED) is 0.661. The van der Waals surface area contributed by atoms with Crippen LogP contribution in [0.2, 0.25) is 0 Å². The number of hydrogen-bond donors (Lipinski definition) is 1. The van der Waals surface area contributed by atoms with Crippen LogP contribution >= 0.6 is 15.9 Å². The van der Waals surface area contributed by atoms with Crippen LogP contribution in [-0.4, -0.2) is 16.1 Å². The van der Waals surface area contributed by atoms with E-state index in [-0.39, 0.29) is 0 Å². The molecule has 0 bridgehead atoms. The van der Waals surface area contributed by atoms with Crippen LogP contribution in [0.3, 0.4) is 0 Å². The summed E-state index contributed by atoms with van der Waals surface area (Å²) in [7, 11) is 0. The molecule has 15 heavy (non-hydrogen) atoms. The van der Waals surface area contributed by atoms with Gasteiger partial charge in [0.15, 0.2) is 0 Å². The molecule has 0 fully saturated rings.